The summed E-state index contributed by atoms with van der Waals surface area (Å²) in [7, 11) is 3.28. The predicted molar refractivity (Wildman–Crippen MR) is 82.5 cm³/mol. The van der Waals surface area contributed by atoms with Gasteiger partial charge in [0.25, 0.3) is 5.91 Å². The van der Waals surface area contributed by atoms with Crippen LogP contribution in [-0.4, -0.2) is 54.5 Å². The lowest BCUT2D eigenvalue weighted by Gasteiger charge is -2.37. The van der Waals surface area contributed by atoms with Gasteiger partial charge in [-0.3, -0.25) is 9.59 Å². The van der Waals surface area contributed by atoms with E-state index in [1.807, 2.05) is 0 Å². The molecule has 0 radical (unpaired) electrons. The second-order valence-corrected chi connectivity index (χ2v) is 5.51. The Labute approximate surface area is 129 Å². The Hall–Kier alpha value is -2.15. The van der Waals surface area contributed by atoms with Crippen LogP contribution in [0.1, 0.15) is 29.6 Å². The zero-order valence-corrected chi connectivity index (χ0v) is 13.0. The molecule has 1 aromatic heterocycles. The molecule has 1 atom stereocenters. The molecular formula is C15H22N4O3. The van der Waals surface area contributed by atoms with Gasteiger partial charge in [-0.15, -0.1) is 0 Å². The molecule has 22 heavy (non-hydrogen) atoms. The molecule has 0 saturated carbocycles. The standard InChI is InChI=1S/C15H22N4O3/c1-17-13-11(5-3-7-18-13)14(21)19-8-4-6-15(19,10-22-2)9-12(16)20/h3,5,7H,4,6,8-10H2,1-2H3,(H2,16,20)(H,17,18)/t15-/m1/s1. The van der Waals surface area contributed by atoms with Crippen LogP contribution in [0.4, 0.5) is 5.82 Å². The van der Waals surface area contributed by atoms with E-state index in [1.165, 1.54) is 0 Å². The minimum absolute atomic E-state index is 0.0989. The van der Waals surface area contributed by atoms with E-state index >= 15 is 0 Å². The molecule has 7 heteroatoms. The second-order valence-electron chi connectivity index (χ2n) is 5.51. The zero-order valence-electron chi connectivity index (χ0n) is 13.0. The number of carbonyl (C=O) groups is 2. The molecule has 1 saturated heterocycles. The van der Waals surface area contributed by atoms with Crippen LogP contribution in [0.2, 0.25) is 0 Å². The van der Waals surface area contributed by atoms with E-state index in [-0.39, 0.29) is 18.9 Å². The van der Waals surface area contributed by atoms with Gasteiger partial charge in [0.15, 0.2) is 0 Å². The average molecular weight is 306 g/mol. The summed E-state index contributed by atoms with van der Waals surface area (Å²) < 4.78 is 5.27. The molecule has 2 rings (SSSR count). The van der Waals surface area contributed by atoms with Gasteiger partial charge in [-0.1, -0.05) is 0 Å². The van der Waals surface area contributed by atoms with Crippen molar-refractivity contribution in [3.63, 3.8) is 0 Å². The number of ether oxygens (including phenoxy) is 1. The van der Waals surface area contributed by atoms with Gasteiger partial charge in [-0.25, -0.2) is 4.98 Å². The maximum absolute atomic E-state index is 12.9. The molecule has 2 heterocycles. The molecule has 1 aliphatic heterocycles. The van der Waals surface area contributed by atoms with Crippen molar-refractivity contribution in [2.24, 2.45) is 5.73 Å². The molecule has 0 unspecified atom stereocenters. The summed E-state index contributed by atoms with van der Waals surface area (Å²) in [5.74, 6) is -0.0742. The maximum atomic E-state index is 12.9. The summed E-state index contributed by atoms with van der Waals surface area (Å²) in [5.41, 5.74) is 5.20. The van der Waals surface area contributed by atoms with E-state index in [1.54, 1.807) is 37.4 Å². The van der Waals surface area contributed by atoms with E-state index in [0.717, 1.165) is 6.42 Å². The highest BCUT2D eigenvalue weighted by atomic mass is 16.5. The van der Waals surface area contributed by atoms with Gasteiger partial charge in [-0.2, -0.15) is 0 Å². The van der Waals surface area contributed by atoms with Gasteiger partial charge in [0.05, 0.1) is 24.1 Å². The van der Waals surface area contributed by atoms with Crippen molar-refractivity contribution in [2.75, 3.05) is 32.6 Å². The Morgan fingerprint density at radius 3 is 2.95 bits per heavy atom. The number of rotatable bonds is 6. The molecule has 2 amide bonds. The van der Waals surface area contributed by atoms with E-state index < -0.39 is 11.4 Å². The van der Waals surface area contributed by atoms with Crippen LogP contribution in [0.15, 0.2) is 18.3 Å². The Bertz CT molecular complexity index is 563. The SMILES string of the molecule is CNc1ncccc1C(=O)N1CCC[C@]1(COC)CC(N)=O. The van der Waals surface area contributed by atoms with Crippen molar-refractivity contribution < 1.29 is 14.3 Å². The first-order chi connectivity index (χ1) is 10.5. The van der Waals surface area contributed by atoms with Crippen LogP contribution >= 0.6 is 0 Å². The summed E-state index contributed by atoms with van der Waals surface area (Å²) in [6.07, 6.45) is 3.24. The quantitative estimate of drug-likeness (QED) is 0.803. The van der Waals surface area contributed by atoms with Crippen molar-refractivity contribution >= 4 is 17.6 Å². The van der Waals surface area contributed by atoms with Crippen LogP contribution in [0.25, 0.3) is 0 Å². The van der Waals surface area contributed by atoms with Crippen molar-refractivity contribution in [2.45, 2.75) is 24.8 Å². The first-order valence-corrected chi connectivity index (χ1v) is 7.26. The van der Waals surface area contributed by atoms with Crippen LogP contribution in [0, 0.1) is 0 Å². The van der Waals surface area contributed by atoms with Crippen molar-refractivity contribution in [3.05, 3.63) is 23.9 Å². The summed E-state index contributed by atoms with van der Waals surface area (Å²) in [6, 6.07) is 3.44. The third-order valence-electron chi connectivity index (χ3n) is 4.03. The normalized spacial score (nSPS) is 20.9. The van der Waals surface area contributed by atoms with E-state index in [0.29, 0.717) is 24.3 Å². The summed E-state index contributed by atoms with van der Waals surface area (Å²) in [5, 5.41) is 2.92. The minimum Gasteiger partial charge on any atom is -0.382 e. The number of nitrogens with zero attached hydrogens (tertiary/aromatic N) is 2. The summed E-state index contributed by atoms with van der Waals surface area (Å²) >= 11 is 0. The molecule has 1 aromatic rings. The number of primary amides is 1. The zero-order chi connectivity index (χ0) is 16.2. The number of hydrogen-bond donors (Lipinski definition) is 2. The molecule has 3 N–H and O–H groups in total. The number of carbonyl (C=O) groups excluding carboxylic acids is 2. The molecular weight excluding hydrogens is 284 g/mol. The third kappa shape index (κ3) is 3.04. The van der Waals surface area contributed by atoms with Crippen LogP contribution in [0.5, 0.6) is 0 Å². The van der Waals surface area contributed by atoms with Crippen LogP contribution < -0.4 is 11.1 Å². The van der Waals surface area contributed by atoms with Gasteiger partial charge in [0.2, 0.25) is 5.91 Å². The Morgan fingerprint density at radius 1 is 1.55 bits per heavy atom. The number of amides is 2. The van der Waals surface area contributed by atoms with E-state index in [9.17, 15) is 9.59 Å². The minimum atomic E-state index is -0.668. The Balaban J connectivity index is 2.35. The van der Waals surface area contributed by atoms with Gasteiger partial charge in [-0.05, 0) is 25.0 Å². The largest absolute Gasteiger partial charge is 0.382 e. The highest BCUT2D eigenvalue weighted by molar-refractivity contribution is 5.99. The van der Waals surface area contributed by atoms with Gasteiger partial charge >= 0.3 is 0 Å². The molecule has 7 nitrogen and oxygen atoms in total. The fraction of sp³-hybridized carbons (Fsp3) is 0.533. The molecule has 0 bridgehead atoms. The van der Waals surface area contributed by atoms with Crippen molar-refractivity contribution in [1.82, 2.24) is 9.88 Å². The first-order valence-electron chi connectivity index (χ1n) is 7.26. The fourth-order valence-corrected chi connectivity index (χ4v) is 3.16. The molecule has 0 spiro atoms. The topological polar surface area (TPSA) is 97.6 Å². The van der Waals surface area contributed by atoms with Crippen molar-refractivity contribution in [3.8, 4) is 0 Å². The lowest BCUT2D eigenvalue weighted by atomic mass is 9.92. The second kappa shape index (κ2) is 6.74. The van der Waals surface area contributed by atoms with Gasteiger partial charge < -0.3 is 20.7 Å². The number of hydrogen-bond acceptors (Lipinski definition) is 5. The molecule has 120 valence electrons. The smallest absolute Gasteiger partial charge is 0.258 e. The van der Waals surface area contributed by atoms with E-state index in [4.69, 9.17) is 10.5 Å². The van der Waals surface area contributed by atoms with Gasteiger partial charge in [0, 0.05) is 26.9 Å². The Morgan fingerprint density at radius 2 is 2.32 bits per heavy atom. The number of likely N-dealkylation sites (tertiary alicyclic amines) is 1. The number of anilines is 1. The summed E-state index contributed by atoms with van der Waals surface area (Å²) in [6.45, 7) is 0.865. The molecule has 1 aliphatic rings. The number of pyridine rings is 1. The first kappa shape index (κ1) is 16.2. The average Bonchev–Trinajstić information content (AvgIpc) is 2.89. The summed E-state index contributed by atoms with van der Waals surface area (Å²) in [4.78, 5) is 30.3. The molecule has 1 fully saturated rings. The monoisotopic (exact) mass is 306 g/mol. The number of methoxy groups -OCH3 is 1. The number of nitrogens with two attached hydrogens (primary N) is 1. The van der Waals surface area contributed by atoms with E-state index in [2.05, 4.69) is 10.3 Å². The highest BCUT2D eigenvalue weighted by Crippen LogP contribution is 2.34. The molecule has 0 aliphatic carbocycles. The molecule has 0 aromatic carbocycles. The predicted octanol–water partition coefficient (Wildman–Crippen LogP) is 0.620. The number of nitrogens with one attached hydrogen (secondary N) is 1. The fourth-order valence-electron chi connectivity index (χ4n) is 3.16. The lowest BCUT2D eigenvalue weighted by molar-refractivity contribution is -0.121. The van der Waals surface area contributed by atoms with Crippen molar-refractivity contribution in [1.29, 1.82) is 0 Å². The van der Waals surface area contributed by atoms with Gasteiger partial charge in [0.1, 0.15) is 5.82 Å². The van der Waals surface area contributed by atoms with Crippen LogP contribution in [0.3, 0.4) is 0 Å². The maximum Gasteiger partial charge on any atom is 0.258 e. The van der Waals surface area contributed by atoms with Crippen LogP contribution in [-0.2, 0) is 9.53 Å². The number of aromatic nitrogens is 1. The Kier molecular flexibility index (Phi) is 4.97. The lowest BCUT2D eigenvalue weighted by Crippen LogP contribution is -2.52. The highest BCUT2D eigenvalue weighted by Gasteiger charge is 2.45. The third-order valence-corrected chi connectivity index (χ3v) is 4.03.